The number of hydrogen-bond acceptors (Lipinski definition) is 11. The summed E-state index contributed by atoms with van der Waals surface area (Å²) in [5.41, 5.74) is 0. The van der Waals surface area contributed by atoms with Gasteiger partial charge in [0, 0.05) is 33.0 Å². The largest absolute Gasteiger partial charge is 0.463 e. The summed E-state index contributed by atoms with van der Waals surface area (Å²) in [6.45, 7) is 6.80. The Morgan fingerprint density at radius 2 is 1.44 bits per heavy atom. The Bertz CT molecular complexity index is 671. The van der Waals surface area contributed by atoms with Crippen LogP contribution in [0, 0.1) is 0 Å². The molecule has 196 valence electrons. The highest BCUT2D eigenvalue weighted by Crippen LogP contribution is 2.31. The topological polar surface area (TPSA) is 133 Å². The molecule has 1 saturated heterocycles. The van der Waals surface area contributed by atoms with Crippen molar-refractivity contribution in [1.82, 2.24) is 0 Å². The third-order valence-electron chi connectivity index (χ3n) is 4.66. The van der Waals surface area contributed by atoms with E-state index in [-0.39, 0.29) is 6.61 Å². The number of unbranched alkanes of at least 4 members (excludes halogenated alkanes) is 2. The lowest BCUT2D eigenvalue weighted by Crippen LogP contribution is -2.63. The van der Waals surface area contributed by atoms with Crippen molar-refractivity contribution in [3.63, 3.8) is 0 Å². The molecule has 0 aromatic rings. The van der Waals surface area contributed by atoms with Gasteiger partial charge in [-0.05, 0) is 12.8 Å². The van der Waals surface area contributed by atoms with Gasteiger partial charge in [-0.1, -0.05) is 35.7 Å². The van der Waals surface area contributed by atoms with Crippen LogP contribution in [0.3, 0.4) is 0 Å². The molecule has 0 aromatic carbocycles. The van der Waals surface area contributed by atoms with Crippen LogP contribution in [0.4, 0.5) is 0 Å². The average molecular weight is 555 g/mol. The first-order valence-electron chi connectivity index (χ1n) is 11.2. The van der Waals surface area contributed by atoms with Gasteiger partial charge in [0.05, 0.1) is 6.61 Å². The van der Waals surface area contributed by atoms with E-state index < -0.39 is 60.9 Å². The van der Waals surface area contributed by atoms with Crippen molar-refractivity contribution in [1.29, 1.82) is 0 Å². The predicted molar refractivity (Wildman–Crippen MR) is 121 cm³/mol. The Kier molecular flexibility index (Phi) is 14.3. The summed E-state index contributed by atoms with van der Waals surface area (Å²) in [7, 11) is 0. The molecule has 0 radical (unpaired) electrons. The van der Waals surface area contributed by atoms with Crippen molar-refractivity contribution >= 4 is 39.8 Å². The number of hydrogen-bond donors (Lipinski definition) is 0. The van der Waals surface area contributed by atoms with Crippen LogP contribution in [-0.2, 0) is 52.3 Å². The number of rotatable bonds is 14. The van der Waals surface area contributed by atoms with Crippen molar-refractivity contribution in [2.45, 2.75) is 97.3 Å². The fraction of sp³-hybridized carbons (Fsp3) is 0.818. The van der Waals surface area contributed by atoms with Gasteiger partial charge in [-0.15, -0.1) is 0 Å². The lowest BCUT2D eigenvalue weighted by atomic mass is 9.98. The first kappa shape index (κ1) is 30.3. The molecule has 0 saturated carbocycles. The quantitative estimate of drug-likeness (QED) is 0.103. The molecule has 12 heteroatoms. The summed E-state index contributed by atoms with van der Waals surface area (Å²) in [5.74, 6) is -2.69. The van der Waals surface area contributed by atoms with Crippen LogP contribution in [0.2, 0.25) is 0 Å². The molecule has 11 nitrogen and oxygen atoms in total. The molecule has 0 amide bonds. The van der Waals surface area contributed by atoms with Crippen molar-refractivity contribution in [3.8, 4) is 0 Å². The van der Waals surface area contributed by atoms with Crippen LogP contribution in [0.25, 0.3) is 0 Å². The number of carbonyl (C=O) groups excluding carboxylic acids is 4. The lowest BCUT2D eigenvalue weighted by Gasteiger charge is -2.44. The predicted octanol–water partition coefficient (Wildman–Crippen LogP) is 2.40. The summed E-state index contributed by atoms with van der Waals surface area (Å²) >= 11 is 3.31. The standard InChI is InChI=1S/C22H35BrO11/c1-6-7-8-9-18(28-11-10-23)34-22-21(32-16(5)27)20(31-15(4)26)19(30-14(3)25)17(33-22)12-29-13(2)24/h17-22H,6-12H2,1-5H3/t17-,18+,19-,20+,21-,22+/m1/s1. The summed E-state index contributed by atoms with van der Waals surface area (Å²) < 4.78 is 39.0. The first-order chi connectivity index (χ1) is 16.1. The van der Waals surface area contributed by atoms with Gasteiger partial charge < -0.3 is 33.2 Å². The van der Waals surface area contributed by atoms with E-state index in [1.807, 2.05) is 0 Å². The zero-order valence-electron chi connectivity index (χ0n) is 20.3. The summed E-state index contributed by atoms with van der Waals surface area (Å²) in [6, 6.07) is 0. The van der Waals surface area contributed by atoms with E-state index in [1.54, 1.807) is 0 Å². The molecule has 0 unspecified atom stereocenters. The van der Waals surface area contributed by atoms with Gasteiger partial charge in [0.15, 0.2) is 24.6 Å². The van der Waals surface area contributed by atoms with Crippen LogP contribution in [-0.4, -0.2) is 79.4 Å². The van der Waals surface area contributed by atoms with Gasteiger partial charge in [0.25, 0.3) is 0 Å². The number of esters is 4. The van der Waals surface area contributed by atoms with Crippen LogP contribution in [0.1, 0.15) is 60.3 Å². The van der Waals surface area contributed by atoms with E-state index in [2.05, 4.69) is 22.9 Å². The normalized spacial score (nSPS) is 25.2. The minimum atomic E-state index is -1.28. The maximum atomic E-state index is 11.9. The molecule has 0 aromatic heterocycles. The van der Waals surface area contributed by atoms with E-state index >= 15 is 0 Å². The molecule has 1 fully saturated rings. The van der Waals surface area contributed by atoms with E-state index in [1.165, 1.54) is 13.8 Å². The molecule has 1 heterocycles. The highest BCUT2D eigenvalue weighted by molar-refractivity contribution is 9.09. The van der Waals surface area contributed by atoms with Crippen LogP contribution in [0.15, 0.2) is 0 Å². The van der Waals surface area contributed by atoms with E-state index in [9.17, 15) is 19.2 Å². The molecule has 0 spiro atoms. The summed E-state index contributed by atoms with van der Waals surface area (Å²) in [5, 5.41) is 0.569. The molecule has 0 N–H and O–H groups in total. The zero-order chi connectivity index (χ0) is 25.7. The molecule has 0 bridgehead atoms. The molecule has 1 rings (SSSR count). The average Bonchev–Trinajstić information content (AvgIpc) is 2.73. The van der Waals surface area contributed by atoms with Crippen molar-refractivity contribution in [2.75, 3.05) is 18.5 Å². The van der Waals surface area contributed by atoms with Gasteiger partial charge >= 0.3 is 23.9 Å². The Balaban J connectivity index is 3.30. The zero-order valence-corrected chi connectivity index (χ0v) is 21.9. The highest BCUT2D eigenvalue weighted by atomic mass is 79.9. The van der Waals surface area contributed by atoms with Gasteiger partial charge in [0.2, 0.25) is 6.29 Å². The summed E-state index contributed by atoms with van der Waals surface area (Å²) in [4.78, 5) is 47.0. The fourth-order valence-corrected chi connectivity index (χ4v) is 3.56. The molecular weight excluding hydrogens is 520 g/mol. The van der Waals surface area contributed by atoms with Gasteiger partial charge in [-0.3, -0.25) is 19.2 Å². The Labute approximate surface area is 208 Å². The number of halogens is 1. The number of carbonyl (C=O) groups is 4. The Hall–Kier alpha value is -1.76. The fourth-order valence-electron chi connectivity index (χ4n) is 3.38. The monoisotopic (exact) mass is 554 g/mol. The van der Waals surface area contributed by atoms with E-state index in [0.717, 1.165) is 33.1 Å². The second-order valence-corrected chi connectivity index (χ2v) is 8.48. The minimum absolute atomic E-state index is 0.319. The first-order valence-corrected chi connectivity index (χ1v) is 12.3. The molecule has 1 aliphatic heterocycles. The third-order valence-corrected chi connectivity index (χ3v) is 4.98. The van der Waals surface area contributed by atoms with Crippen molar-refractivity contribution in [3.05, 3.63) is 0 Å². The van der Waals surface area contributed by atoms with Crippen LogP contribution in [0.5, 0.6) is 0 Å². The maximum absolute atomic E-state index is 11.9. The van der Waals surface area contributed by atoms with Crippen LogP contribution < -0.4 is 0 Å². The molecule has 1 aliphatic rings. The minimum Gasteiger partial charge on any atom is -0.463 e. The highest BCUT2D eigenvalue weighted by Gasteiger charge is 2.53. The van der Waals surface area contributed by atoms with Gasteiger partial charge in [-0.25, -0.2) is 0 Å². The van der Waals surface area contributed by atoms with Gasteiger partial charge in [-0.2, -0.15) is 0 Å². The maximum Gasteiger partial charge on any atom is 0.303 e. The third kappa shape index (κ3) is 11.1. The van der Waals surface area contributed by atoms with Crippen molar-refractivity contribution < 1.29 is 52.3 Å². The number of alkyl halides is 1. The Morgan fingerprint density at radius 3 is 1.97 bits per heavy atom. The molecular formula is C22H35BrO11. The van der Waals surface area contributed by atoms with Crippen LogP contribution >= 0.6 is 15.9 Å². The smallest absolute Gasteiger partial charge is 0.303 e. The second kappa shape index (κ2) is 16.0. The SMILES string of the molecule is CCCCC[C@@H](OCCBr)O[C@@H]1O[C@H](COC(C)=O)[C@@H](OC(C)=O)[C@H](OC(C)=O)[C@H]1OC(C)=O. The molecule has 34 heavy (non-hydrogen) atoms. The molecule has 6 atom stereocenters. The van der Waals surface area contributed by atoms with E-state index in [0.29, 0.717) is 18.4 Å². The molecule has 0 aliphatic carbocycles. The van der Waals surface area contributed by atoms with Gasteiger partial charge in [0.1, 0.15) is 12.7 Å². The van der Waals surface area contributed by atoms with E-state index in [4.69, 9.17) is 33.2 Å². The van der Waals surface area contributed by atoms with Crippen molar-refractivity contribution in [2.24, 2.45) is 0 Å². The summed E-state index contributed by atoms with van der Waals surface area (Å²) in [6.07, 6.45) is -3.54. The second-order valence-electron chi connectivity index (χ2n) is 7.69. The lowest BCUT2D eigenvalue weighted by molar-refractivity contribution is -0.340. The number of ether oxygens (including phenoxy) is 7. The Morgan fingerprint density at radius 1 is 0.853 bits per heavy atom.